The van der Waals surface area contributed by atoms with Gasteiger partial charge in [-0.25, -0.2) is 4.79 Å². The molecular formula is C54H68N4O9Si. The van der Waals surface area contributed by atoms with E-state index in [2.05, 4.69) is 36.7 Å². The maximum absolute atomic E-state index is 13.6. The average molecular weight is 945 g/mol. The number of anilines is 2. The van der Waals surface area contributed by atoms with Crippen molar-refractivity contribution in [1.82, 2.24) is 5.32 Å². The fraction of sp³-hybridized carbons (Fsp3) is 0.370. The molecular weight excluding hydrogens is 877 g/mol. The quantitative estimate of drug-likeness (QED) is 0.0485. The Bertz CT molecular complexity index is 2360. The Hall–Kier alpha value is -6.16. The molecule has 68 heavy (non-hydrogen) atoms. The van der Waals surface area contributed by atoms with Crippen molar-refractivity contribution in [2.75, 3.05) is 17.2 Å². The molecule has 0 spiro atoms. The van der Waals surface area contributed by atoms with Crippen LogP contribution in [0.25, 0.3) is 0 Å². The molecule has 0 radical (unpaired) electrons. The molecule has 5 aromatic carbocycles. The molecule has 0 unspecified atom stereocenters. The van der Waals surface area contributed by atoms with E-state index in [4.69, 9.17) is 24.4 Å². The van der Waals surface area contributed by atoms with Crippen LogP contribution in [0, 0.1) is 10.8 Å². The lowest BCUT2D eigenvalue weighted by Gasteiger charge is -2.44. The predicted molar refractivity (Wildman–Crippen MR) is 269 cm³/mol. The molecule has 0 bridgehead atoms. The van der Waals surface area contributed by atoms with Crippen molar-refractivity contribution in [1.29, 1.82) is 0 Å². The summed E-state index contributed by atoms with van der Waals surface area (Å²) >= 11 is 0. The lowest BCUT2D eigenvalue weighted by molar-refractivity contribution is -0.156. The third-order valence-corrected chi connectivity index (χ3v) is 16.4. The van der Waals surface area contributed by atoms with E-state index in [1.54, 1.807) is 60.7 Å². The first kappa shape index (κ1) is 52.8. The number of amides is 4. The lowest BCUT2D eigenvalue weighted by Crippen LogP contribution is -2.67. The molecule has 0 saturated carbocycles. The van der Waals surface area contributed by atoms with Gasteiger partial charge in [-0.2, -0.15) is 0 Å². The molecule has 14 heteroatoms. The van der Waals surface area contributed by atoms with Gasteiger partial charge in [0.15, 0.2) is 0 Å². The van der Waals surface area contributed by atoms with E-state index >= 15 is 0 Å². The number of aliphatic hydroxyl groups is 1. The highest BCUT2D eigenvalue weighted by Crippen LogP contribution is 2.37. The normalized spacial score (nSPS) is 13.9. The topological polar surface area (TPSA) is 188 Å². The highest BCUT2D eigenvalue weighted by Gasteiger charge is 2.51. The maximum atomic E-state index is 13.6. The molecule has 0 aliphatic carbocycles. The zero-order chi connectivity index (χ0) is 49.7. The van der Waals surface area contributed by atoms with Gasteiger partial charge in [-0.1, -0.05) is 178 Å². The predicted octanol–water partition coefficient (Wildman–Crippen LogP) is 7.84. The average Bonchev–Trinajstić information content (AvgIpc) is 3.29. The summed E-state index contributed by atoms with van der Waals surface area (Å²) in [7, 11) is -3.23. The van der Waals surface area contributed by atoms with Gasteiger partial charge in [0, 0.05) is 22.2 Å². The molecule has 0 aliphatic heterocycles. The molecule has 0 saturated heterocycles. The highest BCUT2D eigenvalue weighted by molar-refractivity contribution is 6.99. The number of aliphatic hydroxyl groups excluding tert-OH is 1. The summed E-state index contributed by atoms with van der Waals surface area (Å²) in [6.45, 7) is 16.7. The van der Waals surface area contributed by atoms with Crippen LogP contribution in [0.15, 0.2) is 140 Å². The van der Waals surface area contributed by atoms with E-state index < -0.39 is 60.5 Å². The number of nitrogens with one attached hydrogen (secondary N) is 3. The van der Waals surface area contributed by atoms with Crippen LogP contribution in [0.4, 0.5) is 16.2 Å². The van der Waals surface area contributed by atoms with Crippen molar-refractivity contribution in [3.05, 3.63) is 156 Å². The lowest BCUT2D eigenvalue weighted by atomic mass is 9.95. The second kappa shape index (κ2) is 23.2. The van der Waals surface area contributed by atoms with Crippen molar-refractivity contribution in [2.45, 2.75) is 112 Å². The third kappa shape index (κ3) is 14.4. The summed E-state index contributed by atoms with van der Waals surface area (Å²) < 4.78 is 26.0. The fourth-order valence-electron chi connectivity index (χ4n) is 7.47. The van der Waals surface area contributed by atoms with E-state index in [0.717, 1.165) is 10.4 Å². The monoisotopic (exact) mass is 944 g/mol. The van der Waals surface area contributed by atoms with Crippen LogP contribution >= 0.6 is 0 Å². The maximum Gasteiger partial charge on any atom is 0.408 e. The molecule has 5 aromatic rings. The van der Waals surface area contributed by atoms with Gasteiger partial charge in [-0.05, 0) is 56.4 Å². The number of rotatable bonds is 20. The van der Waals surface area contributed by atoms with Gasteiger partial charge in [-0.3, -0.25) is 14.4 Å². The fourth-order valence-corrected chi connectivity index (χ4v) is 12.0. The van der Waals surface area contributed by atoms with E-state index in [9.17, 15) is 24.3 Å². The Morgan fingerprint density at radius 3 is 1.35 bits per heavy atom. The molecule has 4 amide bonds. The Morgan fingerprint density at radius 1 is 0.559 bits per heavy atom. The Morgan fingerprint density at radius 2 is 0.956 bits per heavy atom. The number of benzene rings is 5. The van der Waals surface area contributed by atoms with Crippen molar-refractivity contribution < 1.29 is 42.9 Å². The summed E-state index contributed by atoms with van der Waals surface area (Å²) in [5.74, 6) is -1.28. The van der Waals surface area contributed by atoms with Gasteiger partial charge in [-0.15, -0.1) is 0 Å². The van der Waals surface area contributed by atoms with E-state index in [1.807, 2.05) is 120 Å². The minimum atomic E-state index is -3.23. The molecule has 362 valence electrons. The van der Waals surface area contributed by atoms with Crippen LogP contribution in [0.2, 0.25) is 5.04 Å². The van der Waals surface area contributed by atoms with Gasteiger partial charge >= 0.3 is 6.09 Å². The zero-order valence-corrected chi connectivity index (χ0v) is 41.7. The molecule has 5 rings (SSSR count). The van der Waals surface area contributed by atoms with Gasteiger partial charge in [0.2, 0.25) is 17.7 Å². The second-order valence-electron chi connectivity index (χ2n) is 20.0. The zero-order valence-electron chi connectivity index (χ0n) is 40.7. The summed E-state index contributed by atoms with van der Waals surface area (Å²) in [5, 5.41) is 22.6. The van der Waals surface area contributed by atoms with Crippen LogP contribution in [0.3, 0.4) is 0 Å². The SMILES string of the molecule is CC(C)(C)C(=O)Nc1ccc(CO[C@@H]([C@H](OCc2ccc(NC(=O)C(C)(C)C)cc2)[C@@H](NC(=O)OCc2ccccc2)C(N)=O)[C@H](O)CO[Si](c2ccccc2)(c2ccccc2)C(C)(C)C)cc1. The number of carbonyl (C=O) groups is 4. The second-order valence-corrected chi connectivity index (χ2v) is 24.3. The molecule has 6 N–H and O–H groups in total. The van der Waals surface area contributed by atoms with Crippen molar-refractivity contribution in [3.8, 4) is 0 Å². The minimum absolute atomic E-state index is 0.0944. The number of hydrogen-bond acceptors (Lipinski definition) is 9. The molecule has 0 heterocycles. The first-order valence-corrected chi connectivity index (χ1v) is 24.7. The number of nitrogens with two attached hydrogens (primary N) is 1. The van der Waals surface area contributed by atoms with Crippen LogP contribution < -0.4 is 32.1 Å². The van der Waals surface area contributed by atoms with Crippen LogP contribution in [-0.4, -0.2) is 68.2 Å². The Labute approximate surface area is 402 Å². The largest absolute Gasteiger partial charge is 0.445 e. The number of ether oxygens (including phenoxy) is 3. The highest BCUT2D eigenvalue weighted by atomic mass is 28.4. The molecule has 0 fully saturated rings. The molecule has 13 nitrogen and oxygen atoms in total. The molecule has 0 aromatic heterocycles. The van der Waals surface area contributed by atoms with Crippen LogP contribution in [-0.2, 0) is 52.8 Å². The van der Waals surface area contributed by atoms with Crippen LogP contribution in [0.1, 0.15) is 79.0 Å². The number of alkyl carbamates (subject to hydrolysis) is 1. The van der Waals surface area contributed by atoms with Crippen molar-refractivity contribution in [2.24, 2.45) is 16.6 Å². The Kier molecular flexibility index (Phi) is 18.0. The van der Waals surface area contributed by atoms with Crippen molar-refractivity contribution in [3.63, 3.8) is 0 Å². The molecule has 4 atom stereocenters. The number of hydrogen-bond donors (Lipinski definition) is 5. The smallest absolute Gasteiger partial charge is 0.408 e. The third-order valence-electron chi connectivity index (χ3n) is 11.4. The first-order valence-electron chi connectivity index (χ1n) is 22.8. The summed E-state index contributed by atoms with van der Waals surface area (Å²) in [6.07, 6.45) is -5.23. The van der Waals surface area contributed by atoms with E-state index in [1.165, 1.54) is 0 Å². The van der Waals surface area contributed by atoms with Gasteiger partial charge in [0.25, 0.3) is 8.32 Å². The van der Waals surface area contributed by atoms with E-state index in [0.29, 0.717) is 28.1 Å². The number of primary amides is 1. The number of carbonyl (C=O) groups excluding carboxylic acids is 4. The minimum Gasteiger partial charge on any atom is -0.445 e. The summed E-state index contributed by atoms with van der Waals surface area (Å²) in [5.41, 5.74) is 8.08. The summed E-state index contributed by atoms with van der Waals surface area (Å²) in [4.78, 5) is 52.7. The van der Waals surface area contributed by atoms with Gasteiger partial charge < -0.3 is 45.4 Å². The standard InChI is InChI=1S/C54H68N4O9Si/c1-52(2,3)49(61)56-40-29-25-38(26-30-40)33-64-46(44(59)36-67-68(54(7,8)9,42-21-15-11-16-22-42)43-23-17-12-18-24-43)47(45(48(55)60)58-51(63)66-35-37-19-13-10-14-20-37)65-34-39-27-31-41(32-28-39)57-50(62)53(4,5)6/h10-32,44-47,59H,33-36H2,1-9H3,(H2,55,60)(H,56,61)(H,57,62)(H,58,63)/t44-,45-,46-,47-/m1/s1. The Balaban J connectivity index is 1.55. The summed E-state index contributed by atoms with van der Waals surface area (Å²) in [6, 6.07) is 41.4. The van der Waals surface area contributed by atoms with E-state index in [-0.39, 0.29) is 38.2 Å². The van der Waals surface area contributed by atoms with Gasteiger partial charge in [0.1, 0.15) is 31.0 Å². The van der Waals surface area contributed by atoms with Crippen LogP contribution in [0.5, 0.6) is 0 Å². The molecule has 0 aliphatic rings. The van der Waals surface area contributed by atoms with Crippen molar-refractivity contribution >= 4 is 53.9 Å². The van der Waals surface area contributed by atoms with Gasteiger partial charge in [0.05, 0.1) is 19.8 Å². The first-order chi connectivity index (χ1) is 32.1.